The maximum Gasteiger partial charge on any atom is 0.232 e. The van der Waals surface area contributed by atoms with Crippen molar-refractivity contribution in [3.05, 3.63) is 0 Å². The Hall–Kier alpha value is -0.790. The zero-order valence-electron chi connectivity index (χ0n) is 12.3. The van der Waals surface area contributed by atoms with Gasteiger partial charge in [0.2, 0.25) is 11.8 Å². The van der Waals surface area contributed by atoms with Gasteiger partial charge in [-0.3, -0.25) is 9.59 Å². The smallest absolute Gasteiger partial charge is 0.232 e. The van der Waals surface area contributed by atoms with Crippen LogP contribution in [0.5, 0.6) is 0 Å². The van der Waals surface area contributed by atoms with Crippen LogP contribution in [0.15, 0.2) is 0 Å². The van der Waals surface area contributed by atoms with Gasteiger partial charge in [0.1, 0.15) is 0 Å². The topological polar surface area (TPSA) is 78.9 Å². The molecular weight excluding hydrogens is 292 g/mol. The number of amides is 2. The Morgan fingerprint density at radius 3 is 2.62 bits per heavy atom. The average Bonchev–Trinajstić information content (AvgIpc) is 2.50. The average molecular weight is 316 g/mol. The first-order valence-electron chi connectivity index (χ1n) is 7.57. The second kappa shape index (κ2) is 8.60. The Morgan fingerprint density at radius 1 is 1.19 bits per heavy atom. The molecule has 6 nitrogen and oxygen atoms in total. The van der Waals surface area contributed by atoms with Gasteiger partial charge in [-0.25, -0.2) is 0 Å². The molecule has 1 aliphatic carbocycles. The van der Waals surface area contributed by atoms with Crippen molar-refractivity contribution in [1.29, 1.82) is 0 Å². The summed E-state index contributed by atoms with van der Waals surface area (Å²) in [5, 5.41) is 12.7. The lowest BCUT2D eigenvalue weighted by molar-refractivity contribution is -0.132. The number of carbonyl (C=O) groups is 2. The summed E-state index contributed by atoms with van der Waals surface area (Å²) in [4.78, 5) is 25.5. The number of thioether (sulfide) groups is 1. The predicted molar refractivity (Wildman–Crippen MR) is 81.1 cm³/mol. The molecule has 1 heterocycles. The van der Waals surface area contributed by atoms with E-state index >= 15 is 0 Å². The van der Waals surface area contributed by atoms with Crippen LogP contribution >= 0.6 is 11.8 Å². The standard InChI is InChI=1S/C14H24N2O4S/c17-12-4-2-1-3-11(12)15-13(18)9-21-10-14(19)16-5-7-20-8-6-16/h11-12,17H,1-10H2,(H,15,18). The van der Waals surface area contributed by atoms with Crippen LogP contribution < -0.4 is 5.32 Å². The fourth-order valence-electron chi connectivity index (χ4n) is 2.66. The van der Waals surface area contributed by atoms with Crippen molar-refractivity contribution in [2.75, 3.05) is 37.8 Å². The van der Waals surface area contributed by atoms with Crippen LogP contribution in [0.4, 0.5) is 0 Å². The van der Waals surface area contributed by atoms with E-state index in [9.17, 15) is 14.7 Å². The maximum absolute atomic E-state index is 11.9. The van der Waals surface area contributed by atoms with Gasteiger partial charge in [-0.05, 0) is 12.8 Å². The molecule has 0 aromatic rings. The highest BCUT2D eigenvalue weighted by Crippen LogP contribution is 2.18. The van der Waals surface area contributed by atoms with E-state index in [2.05, 4.69) is 5.32 Å². The number of rotatable bonds is 5. The minimum absolute atomic E-state index is 0.0637. The van der Waals surface area contributed by atoms with E-state index in [4.69, 9.17) is 4.74 Å². The van der Waals surface area contributed by atoms with Gasteiger partial charge >= 0.3 is 0 Å². The van der Waals surface area contributed by atoms with Crippen molar-refractivity contribution in [3.8, 4) is 0 Å². The molecule has 2 rings (SSSR count). The largest absolute Gasteiger partial charge is 0.391 e. The molecule has 0 aromatic carbocycles. The number of hydrogen-bond donors (Lipinski definition) is 2. The molecule has 120 valence electrons. The van der Waals surface area contributed by atoms with Crippen LogP contribution in [0.2, 0.25) is 0 Å². The molecule has 2 unspecified atom stereocenters. The van der Waals surface area contributed by atoms with Crippen LogP contribution in [0.25, 0.3) is 0 Å². The SMILES string of the molecule is O=C(CSCC(=O)N1CCOCC1)NC1CCCCC1O. The van der Waals surface area contributed by atoms with Gasteiger partial charge in [0, 0.05) is 13.1 Å². The molecule has 2 N–H and O–H groups in total. The zero-order valence-corrected chi connectivity index (χ0v) is 13.1. The summed E-state index contributed by atoms with van der Waals surface area (Å²) in [5.41, 5.74) is 0. The molecule has 2 atom stereocenters. The third-order valence-corrected chi connectivity index (χ3v) is 4.82. The summed E-state index contributed by atoms with van der Waals surface area (Å²) in [6.45, 7) is 2.46. The number of ether oxygens (including phenoxy) is 1. The lowest BCUT2D eigenvalue weighted by atomic mass is 9.93. The first-order chi connectivity index (χ1) is 10.2. The van der Waals surface area contributed by atoms with E-state index in [0.29, 0.717) is 32.1 Å². The molecule has 2 aliphatic rings. The van der Waals surface area contributed by atoms with E-state index in [1.165, 1.54) is 11.8 Å². The highest BCUT2D eigenvalue weighted by Gasteiger charge is 2.24. The molecule has 1 aliphatic heterocycles. The van der Waals surface area contributed by atoms with Crippen molar-refractivity contribution >= 4 is 23.6 Å². The van der Waals surface area contributed by atoms with Gasteiger partial charge in [-0.15, -0.1) is 11.8 Å². The van der Waals surface area contributed by atoms with E-state index in [0.717, 1.165) is 25.7 Å². The van der Waals surface area contributed by atoms with Crippen molar-refractivity contribution in [1.82, 2.24) is 10.2 Å². The van der Waals surface area contributed by atoms with Crippen molar-refractivity contribution in [2.24, 2.45) is 0 Å². The molecule has 0 aromatic heterocycles. The Bertz CT molecular complexity index is 361. The highest BCUT2D eigenvalue weighted by atomic mass is 32.2. The van der Waals surface area contributed by atoms with Crippen molar-refractivity contribution in [3.63, 3.8) is 0 Å². The molecule has 0 spiro atoms. The molecule has 1 saturated heterocycles. The second-order valence-electron chi connectivity index (χ2n) is 5.51. The number of aliphatic hydroxyl groups excluding tert-OH is 1. The zero-order chi connectivity index (χ0) is 15.1. The minimum atomic E-state index is -0.428. The van der Waals surface area contributed by atoms with Crippen molar-refractivity contribution in [2.45, 2.75) is 37.8 Å². The van der Waals surface area contributed by atoms with E-state index in [1.54, 1.807) is 4.90 Å². The van der Waals surface area contributed by atoms with Crippen LogP contribution in [0.1, 0.15) is 25.7 Å². The maximum atomic E-state index is 11.9. The third kappa shape index (κ3) is 5.48. The Balaban J connectivity index is 1.61. The summed E-state index contributed by atoms with van der Waals surface area (Å²) in [7, 11) is 0. The van der Waals surface area contributed by atoms with E-state index in [-0.39, 0.29) is 23.6 Å². The van der Waals surface area contributed by atoms with Crippen LogP contribution in [0, 0.1) is 0 Å². The normalized spacial score (nSPS) is 26.4. The van der Waals surface area contributed by atoms with Gasteiger partial charge in [0.15, 0.2) is 0 Å². The van der Waals surface area contributed by atoms with Crippen molar-refractivity contribution < 1.29 is 19.4 Å². The fraction of sp³-hybridized carbons (Fsp3) is 0.857. The number of nitrogens with one attached hydrogen (secondary N) is 1. The molecule has 21 heavy (non-hydrogen) atoms. The van der Waals surface area contributed by atoms with Gasteiger partial charge in [-0.2, -0.15) is 0 Å². The Morgan fingerprint density at radius 2 is 1.90 bits per heavy atom. The number of aliphatic hydroxyl groups is 1. The Kier molecular flexibility index (Phi) is 6.79. The summed E-state index contributed by atoms with van der Waals surface area (Å²) in [5.74, 6) is 0.550. The minimum Gasteiger partial charge on any atom is -0.391 e. The second-order valence-corrected chi connectivity index (χ2v) is 6.50. The molecule has 2 amide bonds. The van der Waals surface area contributed by atoms with Gasteiger partial charge in [-0.1, -0.05) is 12.8 Å². The first kappa shape index (κ1) is 16.6. The lowest BCUT2D eigenvalue weighted by Gasteiger charge is -2.28. The third-order valence-electron chi connectivity index (χ3n) is 3.90. The quantitative estimate of drug-likeness (QED) is 0.746. The molecule has 1 saturated carbocycles. The molecule has 7 heteroatoms. The number of morpholine rings is 1. The van der Waals surface area contributed by atoms with E-state index < -0.39 is 6.10 Å². The van der Waals surface area contributed by atoms with Crippen LogP contribution in [-0.2, 0) is 14.3 Å². The summed E-state index contributed by atoms with van der Waals surface area (Å²) in [6, 6.07) is -0.123. The van der Waals surface area contributed by atoms with Gasteiger partial charge < -0.3 is 20.1 Å². The lowest BCUT2D eigenvalue weighted by Crippen LogP contribution is -2.46. The number of nitrogens with zero attached hydrogens (tertiary/aromatic N) is 1. The number of carbonyl (C=O) groups excluding carboxylic acids is 2. The first-order valence-corrected chi connectivity index (χ1v) is 8.73. The molecule has 0 bridgehead atoms. The summed E-state index contributed by atoms with van der Waals surface area (Å²) >= 11 is 1.33. The highest BCUT2D eigenvalue weighted by molar-refractivity contribution is 8.00. The molecule has 2 fully saturated rings. The monoisotopic (exact) mass is 316 g/mol. The fourth-order valence-corrected chi connectivity index (χ4v) is 3.39. The predicted octanol–water partition coefficient (Wildman–Crippen LogP) is -0.00190. The van der Waals surface area contributed by atoms with Crippen LogP contribution in [-0.4, -0.2) is 71.8 Å². The Labute approximate surface area is 129 Å². The molecular formula is C14H24N2O4S. The van der Waals surface area contributed by atoms with E-state index in [1.807, 2.05) is 0 Å². The molecule has 0 radical (unpaired) electrons. The summed E-state index contributed by atoms with van der Waals surface area (Å²) in [6.07, 6.45) is 3.24. The van der Waals surface area contributed by atoms with Crippen LogP contribution in [0.3, 0.4) is 0 Å². The van der Waals surface area contributed by atoms with Gasteiger partial charge in [0.25, 0.3) is 0 Å². The number of hydrogen-bond acceptors (Lipinski definition) is 5. The summed E-state index contributed by atoms with van der Waals surface area (Å²) < 4.78 is 5.20. The van der Waals surface area contributed by atoms with Gasteiger partial charge in [0.05, 0.1) is 36.9 Å².